The Labute approximate surface area is 186 Å². The molecule has 168 valence electrons. The molecular formula is C23H24N2O6S. The molecule has 8 nitrogen and oxygen atoms in total. The molecule has 0 radical (unpaired) electrons. The Morgan fingerprint density at radius 2 is 1.75 bits per heavy atom. The van der Waals surface area contributed by atoms with Crippen LogP contribution in [0.2, 0.25) is 0 Å². The summed E-state index contributed by atoms with van der Waals surface area (Å²) < 4.78 is 51.0. The Hall–Kier alpha value is -3.20. The summed E-state index contributed by atoms with van der Waals surface area (Å²) in [5.74, 6) is 1.83. The fourth-order valence-corrected chi connectivity index (χ4v) is 6.16. The maximum absolute atomic E-state index is 13.4. The third kappa shape index (κ3) is 3.02. The van der Waals surface area contributed by atoms with E-state index in [2.05, 4.69) is 15.9 Å². The molecule has 2 aliphatic carbocycles. The highest BCUT2D eigenvalue weighted by atomic mass is 32.2. The van der Waals surface area contributed by atoms with Crippen LogP contribution in [0.4, 0.5) is 5.82 Å². The van der Waals surface area contributed by atoms with E-state index in [0.29, 0.717) is 17.9 Å². The summed E-state index contributed by atoms with van der Waals surface area (Å²) in [6.07, 6.45) is 3.85. The Kier molecular flexibility index (Phi) is 4.81. The zero-order valence-electron chi connectivity index (χ0n) is 18.1. The molecule has 1 heterocycles. The minimum absolute atomic E-state index is 0.0392. The van der Waals surface area contributed by atoms with Crippen molar-refractivity contribution in [2.45, 2.75) is 36.0 Å². The van der Waals surface area contributed by atoms with E-state index >= 15 is 0 Å². The third-order valence-corrected chi connectivity index (χ3v) is 7.94. The second-order valence-corrected chi connectivity index (χ2v) is 9.78. The molecule has 2 aliphatic rings. The van der Waals surface area contributed by atoms with E-state index in [-0.39, 0.29) is 27.6 Å². The maximum Gasteiger partial charge on any atom is 0.270 e. The van der Waals surface area contributed by atoms with Crippen LogP contribution in [0.15, 0.2) is 45.8 Å². The number of ether oxygens (including phenoxy) is 3. The van der Waals surface area contributed by atoms with Crippen molar-refractivity contribution in [3.05, 3.63) is 47.5 Å². The van der Waals surface area contributed by atoms with Crippen molar-refractivity contribution in [1.29, 1.82) is 0 Å². The first-order chi connectivity index (χ1) is 15.4. The van der Waals surface area contributed by atoms with E-state index < -0.39 is 10.0 Å². The number of nitrogens with one attached hydrogen (secondary N) is 1. The number of hydrogen-bond acceptors (Lipinski definition) is 7. The first-order valence-electron chi connectivity index (χ1n) is 10.3. The van der Waals surface area contributed by atoms with Crippen LogP contribution >= 0.6 is 0 Å². The average Bonchev–Trinajstić information content (AvgIpc) is 3.18. The van der Waals surface area contributed by atoms with Crippen molar-refractivity contribution in [2.24, 2.45) is 0 Å². The highest BCUT2D eigenvalue weighted by Gasteiger charge is 2.46. The Morgan fingerprint density at radius 1 is 1.03 bits per heavy atom. The summed E-state index contributed by atoms with van der Waals surface area (Å²) in [4.78, 5) is -0.0852. The number of rotatable bonds is 6. The lowest BCUT2D eigenvalue weighted by Gasteiger charge is -2.45. The normalized spacial score (nSPS) is 16.0. The van der Waals surface area contributed by atoms with Gasteiger partial charge in [0.25, 0.3) is 10.0 Å². The number of benzene rings is 2. The number of fused-ring (bicyclic) bond motifs is 4. The van der Waals surface area contributed by atoms with E-state index in [1.54, 1.807) is 25.3 Å². The van der Waals surface area contributed by atoms with Crippen molar-refractivity contribution < 1.29 is 27.2 Å². The van der Waals surface area contributed by atoms with Crippen molar-refractivity contribution in [1.82, 2.24) is 5.16 Å². The molecule has 5 rings (SSSR count). The quantitative estimate of drug-likeness (QED) is 0.595. The predicted molar refractivity (Wildman–Crippen MR) is 118 cm³/mol. The van der Waals surface area contributed by atoms with Crippen molar-refractivity contribution in [3.63, 3.8) is 0 Å². The number of hydrogen-bond donors (Lipinski definition) is 1. The van der Waals surface area contributed by atoms with Gasteiger partial charge in [0.2, 0.25) is 0 Å². The van der Waals surface area contributed by atoms with Gasteiger partial charge >= 0.3 is 0 Å². The predicted octanol–water partition coefficient (Wildman–Crippen LogP) is 4.15. The lowest BCUT2D eigenvalue weighted by Crippen LogP contribution is -2.39. The Morgan fingerprint density at radius 3 is 2.34 bits per heavy atom. The lowest BCUT2D eigenvalue weighted by molar-refractivity contribution is 0.238. The van der Waals surface area contributed by atoms with Gasteiger partial charge in [0.05, 0.1) is 21.3 Å². The van der Waals surface area contributed by atoms with Crippen LogP contribution in [0.25, 0.3) is 11.3 Å². The minimum atomic E-state index is -4.07. The standard InChI is InChI=1S/C23H24N2O6S/c1-28-14-8-9-17-15(12-14)20-16(13-23(17)10-5-11-23)22(24-31-20)25-32(26,27)21-18(29-2)6-4-7-19(21)30-3/h4,6-9,12H,5,10-11,13H2,1-3H3,(H,24,25). The van der Waals surface area contributed by atoms with Crippen molar-refractivity contribution >= 4 is 15.8 Å². The number of aromatic nitrogens is 1. The first-order valence-corrected chi connectivity index (χ1v) is 11.8. The summed E-state index contributed by atoms with van der Waals surface area (Å²) in [6, 6.07) is 10.8. The van der Waals surface area contributed by atoms with Crippen LogP contribution in [-0.4, -0.2) is 34.9 Å². The van der Waals surface area contributed by atoms with Crippen LogP contribution in [0.5, 0.6) is 17.2 Å². The molecule has 0 amide bonds. The van der Waals surface area contributed by atoms with Gasteiger partial charge < -0.3 is 18.7 Å². The van der Waals surface area contributed by atoms with Crippen LogP contribution in [0.1, 0.15) is 30.4 Å². The molecule has 1 N–H and O–H groups in total. The molecule has 0 saturated heterocycles. The zero-order valence-corrected chi connectivity index (χ0v) is 18.9. The molecule has 1 aromatic heterocycles. The molecule has 0 aliphatic heterocycles. The van der Waals surface area contributed by atoms with Gasteiger partial charge in [-0.15, -0.1) is 0 Å². The van der Waals surface area contributed by atoms with Gasteiger partial charge in [-0.05, 0) is 49.1 Å². The molecule has 0 atom stereocenters. The highest BCUT2D eigenvalue weighted by Crippen LogP contribution is 2.55. The third-order valence-electron chi connectivity index (χ3n) is 6.54. The van der Waals surface area contributed by atoms with Gasteiger partial charge in [0, 0.05) is 16.5 Å². The molecule has 1 fully saturated rings. The number of nitrogens with zero attached hydrogens (tertiary/aromatic N) is 1. The van der Waals surface area contributed by atoms with Gasteiger partial charge in [-0.1, -0.05) is 23.7 Å². The zero-order chi connectivity index (χ0) is 22.5. The van der Waals surface area contributed by atoms with Crippen molar-refractivity contribution in [3.8, 4) is 28.6 Å². The number of methoxy groups -OCH3 is 3. The summed E-state index contributed by atoms with van der Waals surface area (Å²) in [7, 11) is 0.377. The summed E-state index contributed by atoms with van der Waals surface area (Å²) in [6.45, 7) is 0. The summed E-state index contributed by atoms with van der Waals surface area (Å²) in [5.41, 5.74) is 2.82. The van der Waals surface area contributed by atoms with Crippen molar-refractivity contribution in [2.75, 3.05) is 26.1 Å². The van der Waals surface area contributed by atoms with E-state index in [1.165, 1.54) is 19.8 Å². The van der Waals surface area contributed by atoms with Gasteiger partial charge in [0.1, 0.15) is 17.2 Å². The molecule has 0 bridgehead atoms. The summed E-state index contributed by atoms with van der Waals surface area (Å²) in [5, 5.41) is 4.11. The van der Waals surface area contributed by atoms with Crippen LogP contribution < -0.4 is 18.9 Å². The molecule has 1 saturated carbocycles. The molecule has 2 aromatic carbocycles. The Bertz CT molecular complexity index is 1270. The average molecular weight is 457 g/mol. The first kappa shape index (κ1) is 20.7. The SMILES string of the molecule is COc1ccc2c(c1)-c1onc(NS(=O)(=O)c3c(OC)cccc3OC)c1CC21CCC1. The number of sulfonamides is 1. The van der Waals surface area contributed by atoms with Gasteiger partial charge in [0.15, 0.2) is 16.5 Å². The molecule has 3 aromatic rings. The van der Waals surface area contributed by atoms with E-state index in [1.807, 2.05) is 12.1 Å². The fourth-order valence-electron chi connectivity index (χ4n) is 4.81. The largest absolute Gasteiger partial charge is 0.497 e. The minimum Gasteiger partial charge on any atom is -0.497 e. The van der Waals surface area contributed by atoms with Gasteiger partial charge in [-0.25, -0.2) is 8.42 Å². The number of anilines is 1. The highest BCUT2D eigenvalue weighted by molar-refractivity contribution is 7.93. The fraction of sp³-hybridized carbons (Fsp3) is 0.348. The monoisotopic (exact) mass is 456 g/mol. The van der Waals surface area contributed by atoms with Crippen LogP contribution in [0, 0.1) is 0 Å². The van der Waals surface area contributed by atoms with E-state index in [4.69, 9.17) is 18.7 Å². The molecule has 32 heavy (non-hydrogen) atoms. The Balaban J connectivity index is 1.60. The van der Waals surface area contributed by atoms with Crippen LogP contribution in [-0.2, 0) is 21.9 Å². The van der Waals surface area contributed by atoms with Gasteiger partial charge in [-0.3, -0.25) is 4.72 Å². The van der Waals surface area contributed by atoms with E-state index in [9.17, 15) is 8.42 Å². The summed E-state index contributed by atoms with van der Waals surface area (Å²) >= 11 is 0. The topological polar surface area (TPSA) is 99.9 Å². The van der Waals surface area contributed by atoms with Crippen LogP contribution in [0.3, 0.4) is 0 Å². The van der Waals surface area contributed by atoms with Gasteiger partial charge in [-0.2, -0.15) is 0 Å². The molecule has 0 unspecified atom stereocenters. The smallest absolute Gasteiger partial charge is 0.270 e. The lowest BCUT2D eigenvalue weighted by atomic mass is 9.58. The van der Waals surface area contributed by atoms with E-state index in [0.717, 1.165) is 30.4 Å². The maximum atomic E-state index is 13.4. The second kappa shape index (κ2) is 7.44. The second-order valence-electron chi connectivity index (χ2n) is 8.16. The molecule has 9 heteroatoms. The molecular weight excluding hydrogens is 432 g/mol. The molecule has 1 spiro atoms.